The van der Waals surface area contributed by atoms with E-state index in [4.69, 9.17) is 16.7 Å². The number of carboxylic acid groups (broad SMARTS) is 1. The molecule has 0 fully saturated rings. The molecular weight excluding hydrogens is 321 g/mol. The van der Waals surface area contributed by atoms with Gasteiger partial charge in [-0.25, -0.2) is 9.59 Å². The van der Waals surface area contributed by atoms with Crippen molar-refractivity contribution in [3.05, 3.63) is 21.3 Å². The fraction of sp³-hybridized carbons (Fsp3) is 0.400. The standard InChI is InChI=1S/C10H10ClF3N2O3S/c1-9(7(17)18,10(12,13)14)16-8(19)15-4-5-2-3-6(11)20-5/h2-3H,4H2,1H3,(H,17,18)(H2,15,16,19). The largest absolute Gasteiger partial charge is 0.479 e. The van der Waals surface area contributed by atoms with Gasteiger partial charge in [0.25, 0.3) is 0 Å². The Hall–Kier alpha value is -1.48. The molecule has 5 nitrogen and oxygen atoms in total. The molecular formula is C10H10ClF3N2O3S. The van der Waals surface area contributed by atoms with Gasteiger partial charge in [0.2, 0.25) is 5.54 Å². The molecule has 3 N–H and O–H groups in total. The smallest absolute Gasteiger partial charge is 0.422 e. The number of carbonyl (C=O) groups excluding carboxylic acids is 1. The van der Waals surface area contributed by atoms with E-state index in [0.29, 0.717) is 16.1 Å². The topological polar surface area (TPSA) is 78.4 Å². The molecule has 2 amide bonds. The number of alkyl halides is 3. The summed E-state index contributed by atoms with van der Waals surface area (Å²) in [6.07, 6.45) is -5.12. The molecule has 1 aromatic rings. The van der Waals surface area contributed by atoms with Crippen molar-refractivity contribution < 1.29 is 27.9 Å². The van der Waals surface area contributed by atoms with Crippen LogP contribution in [0.25, 0.3) is 0 Å². The molecule has 0 aliphatic heterocycles. The average molecular weight is 331 g/mol. The van der Waals surface area contributed by atoms with E-state index in [1.54, 1.807) is 12.1 Å². The summed E-state index contributed by atoms with van der Waals surface area (Å²) in [4.78, 5) is 22.7. The minimum atomic E-state index is -5.12. The number of carboxylic acids is 1. The number of urea groups is 1. The molecule has 10 heteroatoms. The van der Waals surface area contributed by atoms with E-state index in [1.165, 1.54) is 5.32 Å². The van der Waals surface area contributed by atoms with E-state index in [0.717, 1.165) is 11.3 Å². The van der Waals surface area contributed by atoms with Gasteiger partial charge < -0.3 is 15.7 Å². The fourth-order valence-electron chi connectivity index (χ4n) is 1.13. The summed E-state index contributed by atoms with van der Waals surface area (Å²) in [5.41, 5.74) is -3.36. The van der Waals surface area contributed by atoms with Crippen molar-refractivity contribution in [1.29, 1.82) is 0 Å². The maximum absolute atomic E-state index is 12.6. The van der Waals surface area contributed by atoms with Crippen molar-refractivity contribution in [3.63, 3.8) is 0 Å². The first-order valence-corrected chi connectivity index (χ1v) is 6.36. The zero-order chi connectivity index (χ0) is 15.6. The minimum absolute atomic E-state index is 0.0588. The normalized spacial score (nSPS) is 14.4. The van der Waals surface area contributed by atoms with Gasteiger partial charge in [-0.15, -0.1) is 11.3 Å². The number of nitrogens with one attached hydrogen (secondary N) is 2. The van der Waals surface area contributed by atoms with E-state index >= 15 is 0 Å². The zero-order valence-electron chi connectivity index (χ0n) is 10.0. The monoisotopic (exact) mass is 330 g/mol. The maximum Gasteiger partial charge on any atom is 0.422 e. The SMILES string of the molecule is CC(NC(=O)NCc1ccc(Cl)s1)(C(=O)O)C(F)(F)F. The Morgan fingerprint density at radius 2 is 2.00 bits per heavy atom. The van der Waals surface area contributed by atoms with Crippen molar-refractivity contribution in [2.24, 2.45) is 0 Å². The van der Waals surface area contributed by atoms with E-state index < -0.39 is 23.7 Å². The highest BCUT2D eigenvalue weighted by molar-refractivity contribution is 7.16. The number of halogens is 4. The number of carbonyl (C=O) groups is 2. The Morgan fingerprint density at radius 3 is 2.40 bits per heavy atom. The maximum atomic E-state index is 12.6. The molecule has 1 heterocycles. The predicted molar refractivity (Wildman–Crippen MR) is 66.8 cm³/mol. The molecule has 112 valence electrons. The molecule has 0 aliphatic carbocycles. The second kappa shape index (κ2) is 5.88. The Labute approximate surface area is 120 Å². The van der Waals surface area contributed by atoms with Crippen LogP contribution in [0, 0.1) is 0 Å². The van der Waals surface area contributed by atoms with Gasteiger partial charge in [0.1, 0.15) is 0 Å². The first-order chi connectivity index (χ1) is 9.06. The van der Waals surface area contributed by atoms with E-state index in [1.807, 2.05) is 0 Å². The van der Waals surface area contributed by atoms with Crippen LogP contribution in [0.3, 0.4) is 0 Å². The lowest BCUT2D eigenvalue weighted by molar-refractivity contribution is -0.203. The van der Waals surface area contributed by atoms with Gasteiger partial charge in [0.05, 0.1) is 10.9 Å². The third-order valence-electron chi connectivity index (χ3n) is 2.41. The van der Waals surface area contributed by atoms with Crippen LogP contribution in [0.5, 0.6) is 0 Å². The quantitative estimate of drug-likeness (QED) is 0.794. The van der Waals surface area contributed by atoms with Gasteiger partial charge >= 0.3 is 18.2 Å². The van der Waals surface area contributed by atoms with Gasteiger partial charge in [0, 0.05) is 4.88 Å². The van der Waals surface area contributed by atoms with Gasteiger partial charge in [-0.1, -0.05) is 11.6 Å². The van der Waals surface area contributed by atoms with Crippen molar-refractivity contribution in [2.45, 2.75) is 25.2 Å². The Kier molecular flexibility index (Phi) is 4.87. The van der Waals surface area contributed by atoms with Crippen LogP contribution in [0.1, 0.15) is 11.8 Å². The molecule has 0 spiro atoms. The van der Waals surface area contributed by atoms with Crippen LogP contribution in [-0.4, -0.2) is 28.8 Å². The number of aliphatic carboxylic acids is 1. The number of hydrogen-bond donors (Lipinski definition) is 3. The summed E-state index contributed by atoms with van der Waals surface area (Å²) in [5.74, 6) is -2.20. The Balaban J connectivity index is 2.66. The van der Waals surface area contributed by atoms with Crippen molar-refractivity contribution in [2.75, 3.05) is 0 Å². The molecule has 0 saturated heterocycles. The molecule has 1 atom stereocenters. The molecule has 1 aromatic heterocycles. The third-order valence-corrected chi connectivity index (χ3v) is 3.64. The number of rotatable bonds is 4. The van der Waals surface area contributed by atoms with E-state index in [-0.39, 0.29) is 6.54 Å². The molecule has 1 rings (SSSR count). The van der Waals surface area contributed by atoms with E-state index in [2.05, 4.69) is 5.32 Å². The summed E-state index contributed by atoms with van der Waals surface area (Å²) in [6, 6.07) is 1.92. The van der Waals surface area contributed by atoms with Crippen LogP contribution in [-0.2, 0) is 11.3 Å². The van der Waals surface area contributed by atoms with Gasteiger partial charge in [0.15, 0.2) is 0 Å². The predicted octanol–water partition coefficient (Wildman–Crippen LogP) is 2.61. The van der Waals surface area contributed by atoms with Crippen molar-refractivity contribution in [1.82, 2.24) is 10.6 Å². The zero-order valence-corrected chi connectivity index (χ0v) is 11.6. The summed E-state index contributed by atoms with van der Waals surface area (Å²) in [7, 11) is 0. The van der Waals surface area contributed by atoms with E-state index in [9.17, 15) is 22.8 Å². The van der Waals surface area contributed by atoms with Gasteiger partial charge in [-0.05, 0) is 19.1 Å². The minimum Gasteiger partial charge on any atom is -0.479 e. The third kappa shape index (κ3) is 3.76. The summed E-state index contributed by atoms with van der Waals surface area (Å²) >= 11 is 6.79. The van der Waals surface area contributed by atoms with Gasteiger partial charge in [-0.3, -0.25) is 0 Å². The lowest BCUT2D eigenvalue weighted by Crippen LogP contribution is -2.63. The fourth-order valence-corrected chi connectivity index (χ4v) is 2.16. The molecule has 0 radical (unpaired) electrons. The summed E-state index contributed by atoms with van der Waals surface area (Å²) in [6.45, 7) is 0.313. The van der Waals surface area contributed by atoms with Crippen LogP contribution < -0.4 is 10.6 Å². The Morgan fingerprint density at radius 1 is 1.40 bits per heavy atom. The summed E-state index contributed by atoms with van der Waals surface area (Å²) in [5, 5.41) is 12.2. The number of thiophene rings is 1. The lowest BCUT2D eigenvalue weighted by atomic mass is 10.0. The molecule has 0 aromatic carbocycles. The van der Waals surface area contributed by atoms with Crippen LogP contribution >= 0.6 is 22.9 Å². The average Bonchev–Trinajstić information content (AvgIpc) is 2.70. The highest BCUT2D eigenvalue weighted by atomic mass is 35.5. The van der Waals surface area contributed by atoms with Crippen LogP contribution in [0.2, 0.25) is 4.34 Å². The van der Waals surface area contributed by atoms with Gasteiger partial charge in [-0.2, -0.15) is 13.2 Å². The second-order valence-corrected chi connectivity index (χ2v) is 5.74. The summed E-state index contributed by atoms with van der Waals surface area (Å²) < 4.78 is 38.4. The molecule has 0 bridgehead atoms. The van der Waals surface area contributed by atoms with Crippen LogP contribution in [0.15, 0.2) is 12.1 Å². The molecule has 0 aliphatic rings. The highest BCUT2D eigenvalue weighted by Gasteiger charge is 2.58. The number of hydrogen-bond acceptors (Lipinski definition) is 3. The van der Waals surface area contributed by atoms with Crippen molar-refractivity contribution >= 4 is 34.9 Å². The lowest BCUT2D eigenvalue weighted by Gasteiger charge is -2.28. The number of amides is 2. The van der Waals surface area contributed by atoms with Crippen LogP contribution in [0.4, 0.5) is 18.0 Å². The molecule has 20 heavy (non-hydrogen) atoms. The molecule has 0 saturated carbocycles. The Bertz CT molecular complexity index is 520. The first-order valence-electron chi connectivity index (χ1n) is 5.16. The highest BCUT2D eigenvalue weighted by Crippen LogP contribution is 2.30. The van der Waals surface area contributed by atoms with Crippen molar-refractivity contribution in [3.8, 4) is 0 Å². The molecule has 1 unspecified atom stereocenters. The first kappa shape index (κ1) is 16.6. The second-order valence-electron chi connectivity index (χ2n) is 3.94.